The first kappa shape index (κ1) is 11.7. The molecule has 90 valence electrons. The second-order valence-electron chi connectivity index (χ2n) is 4.37. The minimum atomic E-state index is -0.212. The number of rotatable bonds is 4. The fourth-order valence-corrected chi connectivity index (χ4v) is 2.45. The van der Waals surface area contributed by atoms with E-state index in [1.165, 1.54) is 5.57 Å². The third-order valence-corrected chi connectivity index (χ3v) is 3.26. The second kappa shape index (κ2) is 5.02. The predicted octanol–water partition coefficient (Wildman–Crippen LogP) is 2.84. The van der Waals surface area contributed by atoms with Crippen molar-refractivity contribution >= 4 is 0 Å². The monoisotopic (exact) mass is 224 g/mol. The van der Waals surface area contributed by atoms with E-state index >= 15 is 0 Å². The highest BCUT2D eigenvalue weighted by Crippen LogP contribution is 2.39. The molecule has 0 radical (unpaired) electrons. The fourth-order valence-electron chi connectivity index (χ4n) is 2.45. The Labute approximate surface area is 97.1 Å². The molecule has 0 saturated heterocycles. The molecule has 0 amide bonds. The molecule has 1 aliphatic carbocycles. The average molecular weight is 224 g/mol. The molecule has 0 aromatic rings. The lowest BCUT2D eigenvalue weighted by atomic mass is 9.90. The van der Waals surface area contributed by atoms with Crippen molar-refractivity contribution in [3.63, 3.8) is 0 Å². The van der Waals surface area contributed by atoms with Crippen molar-refractivity contribution in [1.29, 1.82) is 0 Å². The Morgan fingerprint density at radius 3 is 3.12 bits per heavy atom. The van der Waals surface area contributed by atoms with E-state index in [4.69, 9.17) is 14.2 Å². The molecule has 0 fully saturated rings. The first-order chi connectivity index (χ1) is 7.72. The van der Waals surface area contributed by atoms with Crippen molar-refractivity contribution in [2.24, 2.45) is 11.8 Å². The largest absolute Gasteiger partial charge is 0.472 e. The number of hydrogen-bond donors (Lipinski definition) is 0. The SMILES string of the molecule is CCOC(C)O[C@@H]1OC=C[C@@H]2CC=C(C)[C@H]12. The van der Waals surface area contributed by atoms with Gasteiger partial charge in [-0.25, -0.2) is 0 Å². The number of ether oxygens (including phenoxy) is 3. The number of hydrogen-bond acceptors (Lipinski definition) is 3. The van der Waals surface area contributed by atoms with Crippen molar-refractivity contribution in [2.45, 2.75) is 39.8 Å². The third kappa shape index (κ3) is 2.30. The van der Waals surface area contributed by atoms with Crippen LogP contribution >= 0.6 is 0 Å². The molecule has 0 saturated carbocycles. The van der Waals surface area contributed by atoms with E-state index < -0.39 is 0 Å². The topological polar surface area (TPSA) is 27.7 Å². The van der Waals surface area contributed by atoms with Gasteiger partial charge in [-0.05, 0) is 39.2 Å². The predicted molar refractivity (Wildman–Crippen MR) is 61.5 cm³/mol. The minimum absolute atomic E-state index is 0.199. The third-order valence-electron chi connectivity index (χ3n) is 3.26. The van der Waals surface area contributed by atoms with E-state index in [0.29, 0.717) is 18.4 Å². The molecule has 1 unspecified atom stereocenters. The summed E-state index contributed by atoms with van der Waals surface area (Å²) in [6.45, 7) is 6.68. The van der Waals surface area contributed by atoms with Crippen LogP contribution in [0.4, 0.5) is 0 Å². The lowest BCUT2D eigenvalue weighted by molar-refractivity contribution is -0.241. The van der Waals surface area contributed by atoms with Crippen LogP contribution in [0.5, 0.6) is 0 Å². The normalized spacial score (nSPS) is 34.2. The van der Waals surface area contributed by atoms with Gasteiger partial charge in [0.05, 0.1) is 6.26 Å². The molecule has 1 heterocycles. The van der Waals surface area contributed by atoms with Crippen molar-refractivity contribution in [2.75, 3.05) is 6.61 Å². The summed E-state index contributed by atoms with van der Waals surface area (Å²) in [5.74, 6) is 0.889. The first-order valence-corrected chi connectivity index (χ1v) is 5.98. The average Bonchev–Trinajstić information content (AvgIpc) is 2.62. The molecular weight excluding hydrogens is 204 g/mol. The molecule has 0 aromatic carbocycles. The standard InChI is InChI=1S/C13H20O3/c1-4-14-10(3)16-13-12-9(2)5-6-11(12)7-8-15-13/h5,7-8,10-13H,4,6H2,1-3H3/t10?,11-,12-,13-/m0/s1. The van der Waals surface area contributed by atoms with Gasteiger partial charge in [-0.1, -0.05) is 11.6 Å². The van der Waals surface area contributed by atoms with E-state index in [0.717, 1.165) is 6.42 Å². The number of fused-ring (bicyclic) bond motifs is 1. The van der Waals surface area contributed by atoms with Gasteiger partial charge in [0.15, 0.2) is 6.29 Å². The van der Waals surface area contributed by atoms with Crippen molar-refractivity contribution in [1.82, 2.24) is 0 Å². The fraction of sp³-hybridized carbons (Fsp3) is 0.692. The Bertz CT molecular complexity index is 296. The zero-order valence-electron chi connectivity index (χ0n) is 10.2. The molecule has 16 heavy (non-hydrogen) atoms. The maximum atomic E-state index is 5.78. The highest BCUT2D eigenvalue weighted by atomic mass is 16.8. The van der Waals surface area contributed by atoms with Crippen LogP contribution in [-0.2, 0) is 14.2 Å². The first-order valence-electron chi connectivity index (χ1n) is 5.98. The van der Waals surface area contributed by atoms with E-state index in [9.17, 15) is 0 Å². The zero-order valence-corrected chi connectivity index (χ0v) is 10.2. The van der Waals surface area contributed by atoms with Crippen LogP contribution in [0.1, 0.15) is 27.2 Å². The Morgan fingerprint density at radius 2 is 2.38 bits per heavy atom. The lowest BCUT2D eigenvalue weighted by Crippen LogP contribution is -2.35. The molecule has 2 aliphatic rings. The quantitative estimate of drug-likeness (QED) is 0.543. The maximum absolute atomic E-state index is 5.78. The Balaban J connectivity index is 1.99. The van der Waals surface area contributed by atoms with E-state index in [2.05, 4.69) is 19.1 Å². The molecule has 2 rings (SSSR count). The van der Waals surface area contributed by atoms with Gasteiger partial charge >= 0.3 is 0 Å². The van der Waals surface area contributed by atoms with Gasteiger partial charge in [0, 0.05) is 12.5 Å². The summed E-state index contributed by atoms with van der Waals surface area (Å²) in [4.78, 5) is 0. The van der Waals surface area contributed by atoms with Gasteiger partial charge in [-0.15, -0.1) is 0 Å². The molecule has 3 heteroatoms. The Kier molecular flexibility index (Phi) is 3.66. The van der Waals surface area contributed by atoms with E-state index in [1.807, 2.05) is 13.8 Å². The van der Waals surface area contributed by atoms with Gasteiger partial charge in [-0.2, -0.15) is 0 Å². The van der Waals surface area contributed by atoms with E-state index in [-0.39, 0.29) is 12.6 Å². The van der Waals surface area contributed by atoms with Gasteiger partial charge in [0.2, 0.25) is 6.29 Å². The van der Waals surface area contributed by atoms with Crippen molar-refractivity contribution in [3.8, 4) is 0 Å². The molecule has 3 nitrogen and oxygen atoms in total. The van der Waals surface area contributed by atoms with Crippen LogP contribution in [0.25, 0.3) is 0 Å². The van der Waals surface area contributed by atoms with E-state index in [1.54, 1.807) is 6.26 Å². The van der Waals surface area contributed by atoms with Gasteiger partial charge in [0.1, 0.15) is 0 Å². The smallest absolute Gasteiger partial charge is 0.208 e. The van der Waals surface area contributed by atoms with Crippen LogP contribution in [0.2, 0.25) is 0 Å². The van der Waals surface area contributed by atoms with Crippen LogP contribution in [0, 0.1) is 11.8 Å². The van der Waals surface area contributed by atoms with Crippen molar-refractivity contribution in [3.05, 3.63) is 24.0 Å². The summed E-state index contributed by atoms with van der Waals surface area (Å²) < 4.78 is 16.7. The molecular formula is C13H20O3. The molecule has 0 spiro atoms. The lowest BCUT2D eigenvalue weighted by Gasteiger charge is -2.33. The highest BCUT2D eigenvalue weighted by Gasteiger charge is 2.37. The highest BCUT2D eigenvalue weighted by molar-refractivity contribution is 5.19. The molecule has 4 atom stereocenters. The molecule has 1 aliphatic heterocycles. The summed E-state index contributed by atoms with van der Waals surface area (Å²) in [5, 5.41) is 0. The Hall–Kier alpha value is -0.800. The molecule has 0 bridgehead atoms. The summed E-state index contributed by atoms with van der Waals surface area (Å²) >= 11 is 0. The molecule has 0 N–H and O–H groups in total. The van der Waals surface area contributed by atoms with Crippen molar-refractivity contribution < 1.29 is 14.2 Å². The summed E-state index contributed by atoms with van der Waals surface area (Å²) in [6, 6.07) is 0. The Morgan fingerprint density at radius 1 is 1.56 bits per heavy atom. The van der Waals surface area contributed by atoms with Gasteiger partial charge < -0.3 is 14.2 Å². The maximum Gasteiger partial charge on any atom is 0.208 e. The van der Waals surface area contributed by atoms with Crippen LogP contribution in [-0.4, -0.2) is 19.2 Å². The van der Waals surface area contributed by atoms with Crippen LogP contribution in [0.3, 0.4) is 0 Å². The van der Waals surface area contributed by atoms with Crippen LogP contribution < -0.4 is 0 Å². The summed E-state index contributed by atoms with van der Waals surface area (Å²) in [6.07, 6.45) is 6.85. The van der Waals surface area contributed by atoms with Crippen LogP contribution in [0.15, 0.2) is 24.0 Å². The summed E-state index contributed by atoms with van der Waals surface area (Å²) in [5.41, 5.74) is 1.36. The van der Waals surface area contributed by atoms with Gasteiger partial charge in [-0.3, -0.25) is 0 Å². The summed E-state index contributed by atoms with van der Waals surface area (Å²) in [7, 11) is 0. The zero-order chi connectivity index (χ0) is 11.5. The number of allylic oxidation sites excluding steroid dienone is 2. The second-order valence-corrected chi connectivity index (χ2v) is 4.37. The minimum Gasteiger partial charge on any atom is -0.472 e. The molecule has 0 aromatic heterocycles. The van der Waals surface area contributed by atoms with Gasteiger partial charge in [0.25, 0.3) is 0 Å².